The van der Waals surface area contributed by atoms with Crippen LogP contribution in [0.2, 0.25) is 0 Å². The van der Waals surface area contributed by atoms with E-state index in [9.17, 15) is 0 Å². The van der Waals surface area contributed by atoms with Crippen LogP contribution in [0.1, 0.15) is 44.8 Å². The molecular formula is C11H15N3O2. The first kappa shape index (κ1) is 11.1. The van der Waals surface area contributed by atoms with Crippen molar-refractivity contribution < 1.29 is 9.26 Å². The second kappa shape index (κ2) is 3.87. The molecule has 0 aliphatic heterocycles. The Morgan fingerprint density at radius 1 is 1.62 bits per heavy atom. The quantitative estimate of drug-likeness (QED) is 0.777. The van der Waals surface area contributed by atoms with Gasteiger partial charge in [-0.25, -0.2) is 0 Å². The molecule has 2 atom stereocenters. The van der Waals surface area contributed by atoms with Crippen molar-refractivity contribution in [2.75, 3.05) is 6.61 Å². The van der Waals surface area contributed by atoms with Crippen molar-refractivity contribution in [2.45, 2.75) is 38.7 Å². The molecule has 0 aromatic carbocycles. The van der Waals surface area contributed by atoms with Crippen LogP contribution in [0.5, 0.6) is 0 Å². The molecule has 2 rings (SSSR count). The molecule has 1 aromatic rings. The zero-order valence-electron chi connectivity index (χ0n) is 9.73. The number of aromatic nitrogens is 2. The van der Waals surface area contributed by atoms with E-state index in [0.717, 1.165) is 6.42 Å². The highest BCUT2D eigenvalue weighted by Gasteiger charge is 2.44. The predicted molar refractivity (Wildman–Crippen MR) is 55.4 cm³/mol. The number of hydrogen-bond acceptors (Lipinski definition) is 5. The highest BCUT2D eigenvalue weighted by atomic mass is 16.5. The summed E-state index contributed by atoms with van der Waals surface area (Å²) in [6.07, 6.45) is 0.827. The van der Waals surface area contributed by atoms with Gasteiger partial charge < -0.3 is 9.26 Å². The Morgan fingerprint density at radius 2 is 2.38 bits per heavy atom. The summed E-state index contributed by atoms with van der Waals surface area (Å²) in [4.78, 5) is 4.31. The summed E-state index contributed by atoms with van der Waals surface area (Å²) in [6.45, 7) is 6.33. The zero-order chi connectivity index (χ0) is 11.8. The van der Waals surface area contributed by atoms with Gasteiger partial charge in [0.15, 0.2) is 0 Å². The van der Waals surface area contributed by atoms with E-state index in [1.54, 1.807) is 0 Å². The van der Waals surface area contributed by atoms with Gasteiger partial charge in [-0.05, 0) is 27.2 Å². The van der Waals surface area contributed by atoms with Gasteiger partial charge in [-0.3, -0.25) is 0 Å². The van der Waals surface area contributed by atoms with Gasteiger partial charge in [0.25, 0.3) is 0 Å². The van der Waals surface area contributed by atoms with Crippen LogP contribution in [0, 0.1) is 17.2 Å². The van der Waals surface area contributed by atoms with Gasteiger partial charge in [0.05, 0.1) is 17.9 Å². The van der Waals surface area contributed by atoms with Crippen LogP contribution in [0.3, 0.4) is 0 Å². The molecule has 2 unspecified atom stereocenters. The molecule has 16 heavy (non-hydrogen) atoms. The molecule has 1 fully saturated rings. The average molecular weight is 221 g/mol. The molecule has 1 aliphatic rings. The smallest absolute Gasteiger partial charge is 0.231 e. The summed E-state index contributed by atoms with van der Waals surface area (Å²) in [5.41, 5.74) is -0.534. The number of nitrogens with zero attached hydrogens (tertiary/aromatic N) is 3. The second-order valence-electron chi connectivity index (χ2n) is 4.48. The van der Waals surface area contributed by atoms with Crippen molar-refractivity contribution in [3.8, 4) is 6.07 Å². The molecule has 0 saturated heterocycles. The Morgan fingerprint density at radius 3 is 2.94 bits per heavy atom. The van der Waals surface area contributed by atoms with Gasteiger partial charge in [-0.1, -0.05) is 5.16 Å². The molecule has 0 spiro atoms. The third kappa shape index (κ3) is 1.93. The number of nitriles is 1. The van der Waals surface area contributed by atoms with Gasteiger partial charge >= 0.3 is 0 Å². The summed E-state index contributed by atoms with van der Waals surface area (Å²) in [7, 11) is 0. The fourth-order valence-electron chi connectivity index (χ4n) is 1.67. The summed E-state index contributed by atoms with van der Waals surface area (Å²) < 4.78 is 10.7. The first-order chi connectivity index (χ1) is 7.58. The van der Waals surface area contributed by atoms with Crippen molar-refractivity contribution in [2.24, 2.45) is 5.92 Å². The third-order valence-electron chi connectivity index (χ3n) is 2.76. The van der Waals surface area contributed by atoms with Gasteiger partial charge in [-0.2, -0.15) is 10.2 Å². The third-order valence-corrected chi connectivity index (χ3v) is 2.76. The molecule has 0 N–H and O–H groups in total. The van der Waals surface area contributed by atoms with Gasteiger partial charge in [0.1, 0.15) is 5.60 Å². The Labute approximate surface area is 94.4 Å². The van der Waals surface area contributed by atoms with Crippen LogP contribution < -0.4 is 0 Å². The lowest BCUT2D eigenvalue weighted by atomic mass is 10.1. The Hall–Kier alpha value is -1.41. The average Bonchev–Trinajstić information content (AvgIpc) is 2.85. The predicted octanol–water partition coefficient (Wildman–Crippen LogP) is 1.97. The standard InChI is InChI=1S/C11H15N3O2/c1-4-15-11(2,3)10-13-9(16-14-10)8-5-7(8)6-12/h7-8H,4-5H2,1-3H3. The van der Waals surface area contributed by atoms with E-state index in [1.807, 2.05) is 20.8 Å². The molecule has 1 saturated carbocycles. The van der Waals surface area contributed by atoms with Crippen LogP contribution >= 0.6 is 0 Å². The van der Waals surface area contributed by atoms with Crippen molar-refractivity contribution in [1.29, 1.82) is 5.26 Å². The van der Waals surface area contributed by atoms with Gasteiger partial charge in [-0.15, -0.1) is 0 Å². The molecule has 1 aromatic heterocycles. The second-order valence-corrected chi connectivity index (χ2v) is 4.48. The van der Waals surface area contributed by atoms with Crippen molar-refractivity contribution in [1.82, 2.24) is 10.1 Å². The minimum atomic E-state index is -0.534. The first-order valence-corrected chi connectivity index (χ1v) is 5.46. The van der Waals surface area contributed by atoms with E-state index in [0.29, 0.717) is 18.3 Å². The maximum atomic E-state index is 8.72. The SMILES string of the molecule is CCOC(C)(C)c1noc(C2CC2C#N)n1. The zero-order valence-corrected chi connectivity index (χ0v) is 9.73. The monoisotopic (exact) mass is 221 g/mol. The summed E-state index contributed by atoms with van der Waals surface area (Å²) >= 11 is 0. The molecule has 0 amide bonds. The lowest BCUT2D eigenvalue weighted by Gasteiger charge is -2.19. The van der Waals surface area contributed by atoms with E-state index in [4.69, 9.17) is 14.5 Å². The topological polar surface area (TPSA) is 71.9 Å². The lowest BCUT2D eigenvalue weighted by Crippen LogP contribution is -2.23. The van der Waals surface area contributed by atoms with Crippen LogP contribution in [0.4, 0.5) is 0 Å². The normalized spacial score (nSPS) is 24.1. The summed E-state index contributed by atoms with van der Waals surface area (Å²) in [5, 5.41) is 12.6. The largest absolute Gasteiger partial charge is 0.368 e. The van der Waals surface area contributed by atoms with Crippen LogP contribution in [-0.4, -0.2) is 16.7 Å². The molecule has 0 bridgehead atoms. The fraction of sp³-hybridized carbons (Fsp3) is 0.727. The Kier molecular flexibility index (Phi) is 2.68. The van der Waals surface area contributed by atoms with Crippen LogP contribution in [0.25, 0.3) is 0 Å². The van der Waals surface area contributed by atoms with E-state index < -0.39 is 5.60 Å². The lowest BCUT2D eigenvalue weighted by molar-refractivity contribution is -0.0221. The Bertz CT molecular complexity index is 419. The summed E-state index contributed by atoms with van der Waals surface area (Å²) in [6, 6.07) is 2.20. The first-order valence-electron chi connectivity index (χ1n) is 5.46. The van der Waals surface area contributed by atoms with E-state index in [1.165, 1.54) is 0 Å². The molecule has 86 valence electrons. The maximum absolute atomic E-state index is 8.72. The molecule has 1 heterocycles. The number of ether oxygens (including phenoxy) is 1. The van der Waals surface area contributed by atoms with Crippen molar-refractivity contribution in [3.63, 3.8) is 0 Å². The van der Waals surface area contributed by atoms with E-state index in [-0.39, 0.29) is 11.8 Å². The Balaban J connectivity index is 2.11. The molecule has 0 radical (unpaired) electrons. The van der Waals surface area contributed by atoms with E-state index >= 15 is 0 Å². The highest BCUT2D eigenvalue weighted by Crippen LogP contribution is 2.46. The number of rotatable bonds is 4. The number of hydrogen-bond donors (Lipinski definition) is 0. The van der Waals surface area contributed by atoms with Gasteiger partial charge in [0, 0.05) is 6.61 Å². The van der Waals surface area contributed by atoms with Gasteiger partial charge in [0.2, 0.25) is 11.7 Å². The van der Waals surface area contributed by atoms with E-state index in [2.05, 4.69) is 16.2 Å². The minimum Gasteiger partial charge on any atom is -0.368 e. The van der Waals surface area contributed by atoms with Crippen molar-refractivity contribution >= 4 is 0 Å². The van der Waals surface area contributed by atoms with Crippen LogP contribution in [0.15, 0.2) is 4.52 Å². The fourth-order valence-corrected chi connectivity index (χ4v) is 1.67. The van der Waals surface area contributed by atoms with Crippen LogP contribution in [-0.2, 0) is 10.3 Å². The highest BCUT2D eigenvalue weighted by molar-refractivity contribution is 5.16. The van der Waals surface area contributed by atoms with Crippen molar-refractivity contribution in [3.05, 3.63) is 11.7 Å². The maximum Gasteiger partial charge on any atom is 0.231 e. The molecule has 5 heteroatoms. The summed E-state index contributed by atoms with van der Waals surface area (Å²) in [5.74, 6) is 1.29. The minimum absolute atomic E-state index is 0.0449. The molecule has 1 aliphatic carbocycles. The molecular weight excluding hydrogens is 206 g/mol. The molecule has 5 nitrogen and oxygen atoms in total.